The van der Waals surface area contributed by atoms with E-state index >= 15 is 0 Å². The summed E-state index contributed by atoms with van der Waals surface area (Å²) in [6.07, 6.45) is 0.795. The van der Waals surface area contributed by atoms with Crippen LogP contribution in [0.3, 0.4) is 0 Å². The molecule has 84 valence electrons. The topological polar surface area (TPSA) is 55.1 Å². The van der Waals surface area contributed by atoms with Gasteiger partial charge in [-0.3, -0.25) is 10.1 Å². The maximum absolute atomic E-state index is 11.7. The highest BCUT2D eigenvalue weighted by molar-refractivity contribution is 7.08. The summed E-state index contributed by atoms with van der Waals surface area (Å²) in [6.45, 7) is 3.88. The quantitative estimate of drug-likeness (QED) is 0.891. The van der Waals surface area contributed by atoms with Crippen molar-refractivity contribution >= 4 is 23.1 Å². The van der Waals surface area contributed by atoms with Crippen molar-refractivity contribution in [3.05, 3.63) is 33.6 Å². The van der Waals surface area contributed by atoms with Gasteiger partial charge in [0.05, 0.1) is 11.3 Å². The summed E-state index contributed by atoms with van der Waals surface area (Å²) in [7, 11) is 0. The van der Waals surface area contributed by atoms with Gasteiger partial charge in [-0.15, -0.1) is 0 Å². The van der Waals surface area contributed by atoms with Crippen LogP contribution in [0.15, 0.2) is 21.3 Å². The first kappa shape index (κ1) is 10.9. The van der Waals surface area contributed by atoms with Crippen LogP contribution in [0.1, 0.15) is 28.5 Å². The van der Waals surface area contributed by atoms with Gasteiger partial charge in [0.25, 0.3) is 5.91 Å². The Morgan fingerprint density at radius 1 is 1.62 bits per heavy atom. The molecule has 0 aliphatic carbocycles. The number of anilines is 1. The van der Waals surface area contributed by atoms with Crippen molar-refractivity contribution in [2.24, 2.45) is 0 Å². The number of hydrogen-bond acceptors (Lipinski definition) is 4. The van der Waals surface area contributed by atoms with Gasteiger partial charge in [-0.05, 0) is 24.8 Å². The van der Waals surface area contributed by atoms with Gasteiger partial charge in [0.1, 0.15) is 0 Å². The zero-order valence-electron chi connectivity index (χ0n) is 9.11. The van der Waals surface area contributed by atoms with Crippen LogP contribution in [0.25, 0.3) is 0 Å². The van der Waals surface area contributed by atoms with Crippen molar-refractivity contribution in [2.45, 2.75) is 20.3 Å². The molecule has 4 nitrogen and oxygen atoms in total. The summed E-state index contributed by atoms with van der Waals surface area (Å²) in [5.41, 5.74) is 2.41. The van der Waals surface area contributed by atoms with E-state index in [1.807, 2.05) is 19.2 Å². The van der Waals surface area contributed by atoms with E-state index in [-0.39, 0.29) is 5.91 Å². The smallest absolute Gasteiger partial charge is 0.258 e. The highest BCUT2D eigenvalue weighted by Gasteiger charge is 2.14. The van der Waals surface area contributed by atoms with Crippen molar-refractivity contribution in [1.82, 2.24) is 5.16 Å². The Hall–Kier alpha value is -1.62. The first-order valence-electron chi connectivity index (χ1n) is 5.01. The molecule has 5 heteroatoms. The summed E-state index contributed by atoms with van der Waals surface area (Å²) in [5.74, 6) is 0.274. The number of carbonyl (C=O) groups excluding carboxylic acids is 1. The standard InChI is InChI=1S/C11H12N2O2S/c1-3-9-7(2)11(15-13-9)12-10(14)8-4-5-16-6-8/h4-6H,3H2,1-2H3,(H,12,14). The molecule has 1 amide bonds. The van der Waals surface area contributed by atoms with Gasteiger partial charge in [-0.25, -0.2) is 0 Å². The number of amides is 1. The van der Waals surface area contributed by atoms with Crippen LogP contribution in [0.2, 0.25) is 0 Å². The Balaban J connectivity index is 2.15. The lowest BCUT2D eigenvalue weighted by Gasteiger charge is -1.99. The number of aromatic nitrogens is 1. The number of thiophene rings is 1. The van der Waals surface area contributed by atoms with Gasteiger partial charge in [0.2, 0.25) is 5.88 Å². The third-order valence-corrected chi connectivity index (χ3v) is 3.05. The minimum Gasteiger partial charge on any atom is -0.338 e. The van der Waals surface area contributed by atoms with E-state index in [2.05, 4.69) is 10.5 Å². The van der Waals surface area contributed by atoms with Crippen LogP contribution in [0.4, 0.5) is 5.88 Å². The zero-order valence-corrected chi connectivity index (χ0v) is 9.93. The summed E-state index contributed by atoms with van der Waals surface area (Å²) in [5, 5.41) is 10.2. The van der Waals surface area contributed by atoms with Crippen molar-refractivity contribution in [1.29, 1.82) is 0 Å². The Labute approximate surface area is 97.3 Å². The normalized spacial score (nSPS) is 10.4. The molecule has 0 fully saturated rings. The van der Waals surface area contributed by atoms with Gasteiger partial charge >= 0.3 is 0 Å². The Morgan fingerprint density at radius 2 is 2.44 bits per heavy atom. The van der Waals surface area contributed by atoms with E-state index in [1.54, 1.807) is 11.4 Å². The number of hydrogen-bond donors (Lipinski definition) is 1. The molecule has 0 saturated carbocycles. The van der Waals surface area contributed by atoms with Gasteiger partial charge in [0.15, 0.2) is 0 Å². The van der Waals surface area contributed by atoms with Crippen molar-refractivity contribution in [2.75, 3.05) is 5.32 Å². The second-order valence-electron chi connectivity index (χ2n) is 3.40. The molecule has 0 bridgehead atoms. The Bertz CT molecular complexity index is 488. The van der Waals surface area contributed by atoms with E-state index < -0.39 is 0 Å². The molecule has 2 rings (SSSR count). The first-order valence-corrected chi connectivity index (χ1v) is 5.95. The van der Waals surface area contributed by atoms with E-state index in [4.69, 9.17) is 4.52 Å². The van der Waals surface area contributed by atoms with Gasteiger partial charge < -0.3 is 4.52 Å². The monoisotopic (exact) mass is 236 g/mol. The second kappa shape index (κ2) is 4.49. The van der Waals surface area contributed by atoms with E-state index in [9.17, 15) is 4.79 Å². The van der Waals surface area contributed by atoms with E-state index in [0.29, 0.717) is 11.4 Å². The number of carbonyl (C=O) groups is 1. The predicted octanol–water partition coefficient (Wildman–Crippen LogP) is 2.86. The lowest BCUT2D eigenvalue weighted by Crippen LogP contribution is -2.10. The van der Waals surface area contributed by atoms with Crippen molar-refractivity contribution in [3.8, 4) is 0 Å². The Kier molecular flexibility index (Phi) is 3.05. The summed E-state index contributed by atoms with van der Waals surface area (Å²) < 4.78 is 5.08. The minimum absolute atomic E-state index is 0.164. The van der Waals surface area contributed by atoms with E-state index in [0.717, 1.165) is 17.7 Å². The van der Waals surface area contributed by atoms with Gasteiger partial charge in [-0.2, -0.15) is 11.3 Å². The molecular formula is C11H12N2O2S. The molecule has 0 spiro atoms. The summed E-state index contributed by atoms with van der Waals surface area (Å²) >= 11 is 1.49. The van der Waals surface area contributed by atoms with Crippen LogP contribution in [-0.2, 0) is 6.42 Å². The lowest BCUT2D eigenvalue weighted by atomic mass is 10.2. The molecule has 0 aliphatic rings. The molecule has 0 aromatic carbocycles. The van der Waals surface area contributed by atoms with Crippen LogP contribution in [0.5, 0.6) is 0 Å². The second-order valence-corrected chi connectivity index (χ2v) is 4.18. The van der Waals surface area contributed by atoms with Crippen LogP contribution in [-0.4, -0.2) is 11.1 Å². The molecule has 0 aliphatic heterocycles. The molecule has 0 atom stereocenters. The number of rotatable bonds is 3. The fourth-order valence-electron chi connectivity index (χ4n) is 1.38. The fraction of sp³-hybridized carbons (Fsp3) is 0.273. The average Bonchev–Trinajstić information content (AvgIpc) is 2.89. The zero-order chi connectivity index (χ0) is 11.5. The first-order chi connectivity index (χ1) is 7.72. The van der Waals surface area contributed by atoms with Gasteiger partial charge in [-0.1, -0.05) is 12.1 Å². The molecule has 2 heterocycles. The molecule has 2 aromatic rings. The summed E-state index contributed by atoms with van der Waals surface area (Å²) in [6, 6.07) is 1.77. The van der Waals surface area contributed by atoms with Gasteiger partial charge in [0, 0.05) is 10.9 Å². The Morgan fingerprint density at radius 3 is 3.00 bits per heavy atom. The molecule has 0 radical (unpaired) electrons. The SMILES string of the molecule is CCc1noc(NC(=O)c2ccsc2)c1C. The molecule has 1 N–H and O–H groups in total. The molecule has 0 saturated heterocycles. The van der Waals surface area contributed by atoms with Crippen molar-refractivity contribution < 1.29 is 9.32 Å². The fourth-order valence-corrected chi connectivity index (χ4v) is 2.02. The number of nitrogens with one attached hydrogen (secondary N) is 1. The molecule has 16 heavy (non-hydrogen) atoms. The average molecular weight is 236 g/mol. The van der Waals surface area contributed by atoms with Crippen molar-refractivity contribution in [3.63, 3.8) is 0 Å². The maximum atomic E-state index is 11.7. The highest BCUT2D eigenvalue weighted by Crippen LogP contribution is 2.19. The highest BCUT2D eigenvalue weighted by atomic mass is 32.1. The minimum atomic E-state index is -0.164. The van der Waals surface area contributed by atoms with E-state index in [1.165, 1.54) is 11.3 Å². The largest absolute Gasteiger partial charge is 0.338 e. The lowest BCUT2D eigenvalue weighted by molar-refractivity contribution is 0.102. The molecule has 2 aromatic heterocycles. The van der Waals surface area contributed by atoms with Crippen LogP contribution < -0.4 is 5.32 Å². The van der Waals surface area contributed by atoms with Crippen LogP contribution in [0, 0.1) is 6.92 Å². The predicted molar refractivity (Wildman–Crippen MR) is 62.9 cm³/mol. The third-order valence-electron chi connectivity index (χ3n) is 2.37. The number of nitrogens with zero attached hydrogens (tertiary/aromatic N) is 1. The van der Waals surface area contributed by atoms with Crippen LogP contribution >= 0.6 is 11.3 Å². The molecule has 0 unspecified atom stereocenters. The third kappa shape index (κ3) is 1.99. The maximum Gasteiger partial charge on any atom is 0.258 e. The number of aryl methyl sites for hydroxylation is 1. The summed E-state index contributed by atoms with van der Waals surface area (Å²) in [4.78, 5) is 11.7. The molecular weight excluding hydrogens is 224 g/mol.